The Bertz CT molecular complexity index is 397. The van der Waals surface area contributed by atoms with E-state index in [1.54, 1.807) is 23.2 Å². The number of carbonyl (C=O) groups excluding carboxylic acids is 1. The third-order valence-electron chi connectivity index (χ3n) is 2.43. The fourth-order valence-electron chi connectivity index (χ4n) is 1.57. The number of pyridine rings is 1. The maximum atomic E-state index is 11.0. The van der Waals surface area contributed by atoms with Crippen molar-refractivity contribution in [1.82, 2.24) is 4.98 Å². The first-order valence-corrected chi connectivity index (χ1v) is 5.32. The number of hydrogen-bond acceptors (Lipinski definition) is 3. The molecule has 1 rings (SSSR count). The van der Waals surface area contributed by atoms with Crippen LogP contribution in [0.4, 0.5) is 5.82 Å². The van der Waals surface area contributed by atoms with Crippen LogP contribution in [0.3, 0.4) is 0 Å². The summed E-state index contributed by atoms with van der Waals surface area (Å²) in [4.78, 5) is 16.7. The summed E-state index contributed by atoms with van der Waals surface area (Å²) in [5.41, 5.74) is 0.514. The molecule has 1 atom stereocenters. The number of rotatable bonds is 5. The first-order valence-electron chi connectivity index (χ1n) is 5.32. The lowest BCUT2D eigenvalue weighted by Crippen LogP contribution is -2.32. The first kappa shape index (κ1) is 12.2. The molecular formula is C12H15N3O. The molecule has 0 aliphatic heterocycles. The predicted octanol–water partition coefficient (Wildman–Crippen LogP) is 2.10. The van der Waals surface area contributed by atoms with Gasteiger partial charge in [0.05, 0.1) is 11.6 Å². The molecule has 1 aromatic rings. The van der Waals surface area contributed by atoms with Crippen LogP contribution in [0, 0.1) is 11.3 Å². The minimum absolute atomic E-state index is 0.101. The number of amides is 1. The zero-order chi connectivity index (χ0) is 12.0. The van der Waals surface area contributed by atoms with Crippen LogP contribution in [0.5, 0.6) is 0 Å². The van der Waals surface area contributed by atoms with Gasteiger partial charge in [-0.2, -0.15) is 5.26 Å². The number of hydrogen-bond donors (Lipinski definition) is 0. The summed E-state index contributed by atoms with van der Waals surface area (Å²) in [5.74, 6) is 0.537. The molecule has 0 aliphatic carbocycles. The zero-order valence-corrected chi connectivity index (χ0v) is 9.55. The molecule has 4 nitrogen and oxygen atoms in total. The van der Waals surface area contributed by atoms with Crippen molar-refractivity contribution in [3.8, 4) is 6.07 Å². The lowest BCUT2D eigenvalue weighted by molar-refractivity contribution is -0.107. The van der Waals surface area contributed by atoms with Gasteiger partial charge in [-0.05, 0) is 25.5 Å². The van der Waals surface area contributed by atoms with Gasteiger partial charge in [-0.3, -0.25) is 9.69 Å². The first-order chi connectivity index (χ1) is 7.72. The minimum Gasteiger partial charge on any atom is -0.297 e. The smallest absolute Gasteiger partial charge is 0.215 e. The summed E-state index contributed by atoms with van der Waals surface area (Å²) in [6, 6.07) is 5.38. The van der Waals surface area contributed by atoms with Gasteiger partial charge in [0.25, 0.3) is 0 Å². The van der Waals surface area contributed by atoms with Crippen LogP contribution in [0.2, 0.25) is 0 Å². The van der Waals surface area contributed by atoms with Crippen molar-refractivity contribution in [3.63, 3.8) is 0 Å². The van der Waals surface area contributed by atoms with E-state index in [4.69, 9.17) is 5.26 Å². The van der Waals surface area contributed by atoms with E-state index in [1.807, 2.05) is 13.0 Å². The van der Waals surface area contributed by atoms with E-state index < -0.39 is 0 Å². The Morgan fingerprint density at radius 3 is 3.00 bits per heavy atom. The molecule has 16 heavy (non-hydrogen) atoms. The van der Waals surface area contributed by atoms with Gasteiger partial charge in [-0.25, -0.2) is 4.98 Å². The SMILES string of the molecule is CCC[C@@H](C)N(C=O)c1cc(C#N)ccn1. The molecule has 1 amide bonds. The summed E-state index contributed by atoms with van der Waals surface area (Å²) in [7, 11) is 0. The van der Waals surface area contributed by atoms with Crippen LogP contribution in [0.25, 0.3) is 0 Å². The normalized spacial score (nSPS) is 11.6. The van der Waals surface area contributed by atoms with Gasteiger partial charge < -0.3 is 0 Å². The van der Waals surface area contributed by atoms with Gasteiger partial charge >= 0.3 is 0 Å². The third-order valence-corrected chi connectivity index (χ3v) is 2.43. The average Bonchev–Trinajstić information content (AvgIpc) is 2.31. The number of carbonyl (C=O) groups is 1. The predicted molar refractivity (Wildman–Crippen MR) is 61.9 cm³/mol. The Hall–Kier alpha value is -1.89. The molecule has 0 bridgehead atoms. The molecule has 1 aromatic heterocycles. The van der Waals surface area contributed by atoms with Crippen molar-refractivity contribution < 1.29 is 4.79 Å². The second kappa shape index (κ2) is 5.86. The van der Waals surface area contributed by atoms with Crippen molar-refractivity contribution in [2.75, 3.05) is 4.90 Å². The van der Waals surface area contributed by atoms with Crippen molar-refractivity contribution in [3.05, 3.63) is 23.9 Å². The van der Waals surface area contributed by atoms with Gasteiger partial charge in [0.1, 0.15) is 5.82 Å². The number of anilines is 1. The topological polar surface area (TPSA) is 57.0 Å². The number of nitrogens with zero attached hydrogens (tertiary/aromatic N) is 3. The molecule has 0 spiro atoms. The van der Waals surface area contributed by atoms with E-state index in [-0.39, 0.29) is 6.04 Å². The van der Waals surface area contributed by atoms with Crippen molar-refractivity contribution in [1.29, 1.82) is 5.26 Å². The molecule has 0 aliphatic rings. The summed E-state index contributed by atoms with van der Waals surface area (Å²) < 4.78 is 0. The highest BCUT2D eigenvalue weighted by molar-refractivity contribution is 5.74. The van der Waals surface area contributed by atoms with E-state index in [2.05, 4.69) is 11.9 Å². The molecule has 0 unspecified atom stereocenters. The molecule has 0 saturated heterocycles. The monoisotopic (exact) mass is 217 g/mol. The molecule has 1 heterocycles. The van der Waals surface area contributed by atoms with Crippen LogP contribution in [0.1, 0.15) is 32.3 Å². The summed E-state index contributed by atoms with van der Waals surface area (Å²) in [6.07, 6.45) is 4.23. The van der Waals surface area contributed by atoms with Gasteiger partial charge in [0.2, 0.25) is 6.41 Å². The van der Waals surface area contributed by atoms with Crippen LogP contribution in [0.15, 0.2) is 18.3 Å². The zero-order valence-electron chi connectivity index (χ0n) is 9.55. The second-order valence-corrected chi connectivity index (χ2v) is 3.66. The van der Waals surface area contributed by atoms with Gasteiger partial charge in [0.15, 0.2) is 0 Å². The second-order valence-electron chi connectivity index (χ2n) is 3.66. The molecule has 0 fully saturated rings. The number of nitriles is 1. The molecule has 0 aromatic carbocycles. The Morgan fingerprint density at radius 2 is 2.44 bits per heavy atom. The Morgan fingerprint density at radius 1 is 1.69 bits per heavy atom. The Kier molecular flexibility index (Phi) is 4.46. The lowest BCUT2D eigenvalue weighted by atomic mass is 10.1. The maximum Gasteiger partial charge on any atom is 0.215 e. The summed E-state index contributed by atoms with van der Waals surface area (Å²) >= 11 is 0. The molecule has 0 N–H and O–H groups in total. The fraction of sp³-hybridized carbons (Fsp3) is 0.417. The summed E-state index contributed by atoms with van der Waals surface area (Å²) in [5, 5.41) is 8.77. The van der Waals surface area contributed by atoms with Crippen molar-refractivity contribution >= 4 is 12.2 Å². The van der Waals surface area contributed by atoms with Crippen LogP contribution < -0.4 is 4.90 Å². The van der Waals surface area contributed by atoms with Crippen molar-refractivity contribution in [2.45, 2.75) is 32.7 Å². The Balaban J connectivity index is 2.95. The number of aromatic nitrogens is 1. The minimum atomic E-state index is 0.101. The van der Waals surface area contributed by atoms with Crippen molar-refractivity contribution in [2.24, 2.45) is 0 Å². The van der Waals surface area contributed by atoms with Gasteiger partial charge in [0, 0.05) is 12.2 Å². The van der Waals surface area contributed by atoms with E-state index in [0.29, 0.717) is 11.4 Å². The van der Waals surface area contributed by atoms with Crippen LogP contribution in [-0.2, 0) is 4.79 Å². The highest BCUT2D eigenvalue weighted by atomic mass is 16.1. The molecule has 0 radical (unpaired) electrons. The maximum absolute atomic E-state index is 11.0. The standard InChI is InChI=1S/C12H15N3O/c1-3-4-10(2)15(9-16)12-7-11(8-13)5-6-14-12/h5-7,9-10H,3-4H2,1-2H3/t10-/m1/s1. The average molecular weight is 217 g/mol. The molecular weight excluding hydrogens is 202 g/mol. The van der Waals surface area contributed by atoms with E-state index >= 15 is 0 Å². The fourth-order valence-corrected chi connectivity index (χ4v) is 1.57. The van der Waals surface area contributed by atoms with Crippen LogP contribution >= 0.6 is 0 Å². The Labute approximate surface area is 95.5 Å². The van der Waals surface area contributed by atoms with Gasteiger partial charge in [-0.15, -0.1) is 0 Å². The lowest BCUT2D eigenvalue weighted by Gasteiger charge is -2.23. The molecule has 4 heteroatoms. The highest BCUT2D eigenvalue weighted by Crippen LogP contribution is 2.15. The third kappa shape index (κ3) is 2.80. The molecule has 0 saturated carbocycles. The quantitative estimate of drug-likeness (QED) is 0.710. The van der Waals surface area contributed by atoms with Crippen LogP contribution in [-0.4, -0.2) is 17.4 Å². The summed E-state index contributed by atoms with van der Waals surface area (Å²) in [6.45, 7) is 4.04. The molecule has 84 valence electrons. The van der Waals surface area contributed by atoms with E-state index in [1.165, 1.54) is 0 Å². The largest absolute Gasteiger partial charge is 0.297 e. The van der Waals surface area contributed by atoms with Gasteiger partial charge in [-0.1, -0.05) is 13.3 Å². The van der Waals surface area contributed by atoms with E-state index in [0.717, 1.165) is 19.3 Å². The highest BCUT2D eigenvalue weighted by Gasteiger charge is 2.14. The van der Waals surface area contributed by atoms with E-state index in [9.17, 15) is 4.79 Å².